The van der Waals surface area contributed by atoms with Gasteiger partial charge in [0.25, 0.3) is 0 Å². The Bertz CT molecular complexity index is 636. The normalized spacial score (nSPS) is 28.1. The van der Waals surface area contributed by atoms with Crippen molar-refractivity contribution in [3.05, 3.63) is 48.0 Å². The highest BCUT2D eigenvalue weighted by atomic mass is 15.4. The zero-order valence-corrected chi connectivity index (χ0v) is 13.3. The molecular formula is C18H24N4. The molecule has 22 heavy (non-hydrogen) atoms. The molecule has 1 aliphatic carbocycles. The third-order valence-electron chi connectivity index (χ3n) is 5.64. The molecule has 0 unspecified atom stereocenters. The van der Waals surface area contributed by atoms with E-state index >= 15 is 0 Å². The van der Waals surface area contributed by atoms with Gasteiger partial charge in [0.1, 0.15) is 12.2 Å². The van der Waals surface area contributed by atoms with Crippen LogP contribution < -0.4 is 0 Å². The van der Waals surface area contributed by atoms with Crippen LogP contribution in [0.25, 0.3) is 0 Å². The highest BCUT2D eigenvalue weighted by molar-refractivity contribution is 5.30. The molecule has 2 heterocycles. The summed E-state index contributed by atoms with van der Waals surface area (Å²) in [5.41, 5.74) is 1.73. The molecule has 1 saturated carbocycles. The van der Waals surface area contributed by atoms with E-state index in [0.717, 1.165) is 24.8 Å². The van der Waals surface area contributed by atoms with Gasteiger partial charge < -0.3 is 0 Å². The summed E-state index contributed by atoms with van der Waals surface area (Å²) in [6.45, 7) is 5.14. The van der Waals surface area contributed by atoms with Crippen LogP contribution >= 0.6 is 0 Å². The van der Waals surface area contributed by atoms with Gasteiger partial charge in [-0.15, -0.1) is 0 Å². The highest BCUT2D eigenvalue weighted by Crippen LogP contribution is 2.54. The maximum Gasteiger partial charge on any atom is 0.141 e. The highest BCUT2D eigenvalue weighted by Gasteiger charge is 2.54. The SMILES string of the molecule is CCn1ncnc1CN1C[C@H]2CCCC[C@]21c1ccccc1. The van der Waals surface area contributed by atoms with Crippen molar-refractivity contribution >= 4 is 0 Å². The molecule has 2 aromatic rings. The second-order valence-electron chi connectivity index (χ2n) is 6.61. The van der Waals surface area contributed by atoms with Crippen LogP contribution in [0.15, 0.2) is 36.7 Å². The molecular weight excluding hydrogens is 272 g/mol. The van der Waals surface area contributed by atoms with Crippen LogP contribution in [-0.4, -0.2) is 26.2 Å². The number of hydrogen-bond donors (Lipinski definition) is 0. The maximum atomic E-state index is 4.48. The standard InChI is InChI=1S/C18H24N4/c1-2-22-17(19-14-20-22)13-21-12-16-10-6-7-11-18(16,21)15-8-4-3-5-9-15/h3-5,8-9,14,16H,2,6-7,10-13H2,1H3/t16-,18+/m1/s1. The number of rotatable bonds is 4. The van der Waals surface area contributed by atoms with Gasteiger partial charge in [-0.2, -0.15) is 5.10 Å². The molecule has 4 rings (SSSR count). The molecule has 1 aliphatic heterocycles. The molecule has 1 aromatic carbocycles. The van der Waals surface area contributed by atoms with E-state index in [1.54, 1.807) is 6.33 Å². The molecule has 0 spiro atoms. The molecule has 0 amide bonds. The summed E-state index contributed by atoms with van der Waals surface area (Å²) in [5, 5.41) is 4.32. The second kappa shape index (κ2) is 5.51. The quantitative estimate of drug-likeness (QED) is 0.869. The largest absolute Gasteiger partial charge is 0.285 e. The van der Waals surface area contributed by atoms with Gasteiger partial charge in [0.2, 0.25) is 0 Å². The number of hydrogen-bond acceptors (Lipinski definition) is 3. The molecule has 116 valence electrons. The van der Waals surface area contributed by atoms with Crippen molar-refractivity contribution < 1.29 is 0 Å². The van der Waals surface area contributed by atoms with E-state index in [9.17, 15) is 0 Å². The molecule has 2 aliphatic rings. The number of aryl methyl sites for hydroxylation is 1. The summed E-state index contributed by atoms with van der Waals surface area (Å²) < 4.78 is 2.02. The Morgan fingerprint density at radius 2 is 2.09 bits per heavy atom. The molecule has 0 radical (unpaired) electrons. The van der Waals surface area contributed by atoms with E-state index in [4.69, 9.17) is 0 Å². The van der Waals surface area contributed by atoms with E-state index in [2.05, 4.69) is 52.2 Å². The van der Waals surface area contributed by atoms with Gasteiger partial charge >= 0.3 is 0 Å². The van der Waals surface area contributed by atoms with Crippen LogP contribution in [0.2, 0.25) is 0 Å². The Balaban J connectivity index is 1.65. The number of benzene rings is 1. The Morgan fingerprint density at radius 3 is 2.86 bits per heavy atom. The molecule has 1 aromatic heterocycles. The van der Waals surface area contributed by atoms with Crippen LogP contribution in [0.1, 0.15) is 44.0 Å². The third-order valence-corrected chi connectivity index (χ3v) is 5.64. The molecule has 0 N–H and O–H groups in total. The lowest BCUT2D eigenvalue weighted by Gasteiger charge is -2.61. The predicted molar refractivity (Wildman–Crippen MR) is 86.2 cm³/mol. The lowest BCUT2D eigenvalue weighted by molar-refractivity contribution is -0.123. The van der Waals surface area contributed by atoms with Gasteiger partial charge in [-0.3, -0.25) is 4.90 Å². The number of aromatic nitrogens is 3. The second-order valence-corrected chi connectivity index (χ2v) is 6.61. The van der Waals surface area contributed by atoms with E-state index in [1.807, 2.05) is 4.68 Å². The van der Waals surface area contributed by atoms with Crippen molar-refractivity contribution in [1.29, 1.82) is 0 Å². The first kappa shape index (κ1) is 13.9. The van der Waals surface area contributed by atoms with Gasteiger partial charge in [0.15, 0.2) is 0 Å². The lowest BCUT2D eigenvalue weighted by atomic mass is 9.62. The van der Waals surface area contributed by atoms with Gasteiger partial charge in [0, 0.05) is 13.1 Å². The van der Waals surface area contributed by atoms with Crippen LogP contribution in [0.3, 0.4) is 0 Å². The fourth-order valence-electron chi connectivity index (χ4n) is 4.54. The Labute approximate surface area is 132 Å². The third kappa shape index (κ3) is 2.01. The first-order valence-corrected chi connectivity index (χ1v) is 8.52. The van der Waals surface area contributed by atoms with Crippen molar-refractivity contribution in [2.75, 3.05) is 6.54 Å². The molecule has 2 fully saturated rings. The minimum atomic E-state index is 0.240. The van der Waals surface area contributed by atoms with E-state index in [0.29, 0.717) is 0 Å². The summed E-state index contributed by atoms with van der Waals surface area (Å²) in [6.07, 6.45) is 7.06. The Morgan fingerprint density at radius 1 is 1.23 bits per heavy atom. The molecule has 0 bridgehead atoms. The summed E-state index contributed by atoms with van der Waals surface area (Å²) in [7, 11) is 0. The monoisotopic (exact) mass is 296 g/mol. The van der Waals surface area contributed by atoms with Crippen molar-refractivity contribution in [2.45, 2.75) is 51.2 Å². The Kier molecular flexibility index (Phi) is 3.49. The van der Waals surface area contributed by atoms with Crippen molar-refractivity contribution in [1.82, 2.24) is 19.7 Å². The molecule has 1 saturated heterocycles. The minimum Gasteiger partial charge on any atom is -0.285 e. The average Bonchev–Trinajstić information content (AvgIpc) is 3.01. The Hall–Kier alpha value is -1.68. The smallest absolute Gasteiger partial charge is 0.141 e. The molecule has 4 heteroatoms. The molecule has 4 nitrogen and oxygen atoms in total. The van der Waals surface area contributed by atoms with E-state index in [1.165, 1.54) is 37.8 Å². The van der Waals surface area contributed by atoms with Crippen molar-refractivity contribution in [3.63, 3.8) is 0 Å². The number of nitrogens with zero attached hydrogens (tertiary/aromatic N) is 4. The number of fused-ring (bicyclic) bond motifs is 1. The van der Waals surface area contributed by atoms with E-state index < -0.39 is 0 Å². The zero-order valence-electron chi connectivity index (χ0n) is 13.3. The number of likely N-dealkylation sites (tertiary alicyclic amines) is 1. The fourth-order valence-corrected chi connectivity index (χ4v) is 4.54. The van der Waals surface area contributed by atoms with Crippen molar-refractivity contribution in [2.24, 2.45) is 5.92 Å². The summed E-state index contributed by atoms with van der Waals surface area (Å²) >= 11 is 0. The average molecular weight is 296 g/mol. The van der Waals surface area contributed by atoms with Crippen molar-refractivity contribution in [3.8, 4) is 0 Å². The van der Waals surface area contributed by atoms with Crippen LogP contribution in [0, 0.1) is 5.92 Å². The zero-order chi connectivity index (χ0) is 15.0. The molecule has 2 atom stereocenters. The van der Waals surface area contributed by atoms with Crippen LogP contribution in [-0.2, 0) is 18.6 Å². The fraction of sp³-hybridized carbons (Fsp3) is 0.556. The van der Waals surface area contributed by atoms with E-state index in [-0.39, 0.29) is 5.54 Å². The predicted octanol–water partition coefficient (Wildman–Crippen LogP) is 3.20. The van der Waals surface area contributed by atoms with Gasteiger partial charge in [0.05, 0.1) is 12.1 Å². The lowest BCUT2D eigenvalue weighted by Crippen LogP contribution is -2.65. The van der Waals surface area contributed by atoms with Gasteiger partial charge in [-0.05, 0) is 31.2 Å². The maximum absolute atomic E-state index is 4.48. The topological polar surface area (TPSA) is 34.0 Å². The summed E-state index contributed by atoms with van der Waals surface area (Å²) in [5.74, 6) is 1.91. The first-order valence-electron chi connectivity index (χ1n) is 8.52. The summed E-state index contributed by atoms with van der Waals surface area (Å²) in [6, 6.07) is 11.1. The first-order chi connectivity index (χ1) is 10.8. The van der Waals surface area contributed by atoms with Gasteiger partial charge in [-0.1, -0.05) is 43.2 Å². The van der Waals surface area contributed by atoms with Crippen LogP contribution in [0.4, 0.5) is 0 Å². The minimum absolute atomic E-state index is 0.240. The van der Waals surface area contributed by atoms with Gasteiger partial charge in [-0.25, -0.2) is 9.67 Å². The van der Waals surface area contributed by atoms with Crippen LogP contribution in [0.5, 0.6) is 0 Å². The summed E-state index contributed by atoms with van der Waals surface area (Å²) in [4.78, 5) is 7.12.